The van der Waals surface area contributed by atoms with Crippen molar-refractivity contribution in [1.29, 1.82) is 0 Å². The highest BCUT2D eigenvalue weighted by Crippen LogP contribution is 2.62. The molecular weight excluding hydrogens is 744 g/mol. The summed E-state index contributed by atoms with van der Waals surface area (Å²) in [5.74, 6) is -1.25. The maximum absolute atomic E-state index is 14.7. The number of hydrogen-bond acceptors (Lipinski definition) is 10. The molecule has 0 radical (unpaired) electrons. The fourth-order valence-electron chi connectivity index (χ4n) is 9.02. The minimum absolute atomic E-state index is 0.00252. The van der Waals surface area contributed by atoms with Gasteiger partial charge in [-0.2, -0.15) is 0 Å². The van der Waals surface area contributed by atoms with Gasteiger partial charge in [-0.1, -0.05) is 48.3 Å². The van der Waals surface area contributed by atoms with Crippen molar-refractivity contribution in [2.75, 3.05) is 46.2 Å². The molecule has 6 unspecified atom stereocenters. The molecule has 6 atom stereocenters. The van der Waals surface area contributed by atoms with E-state index >= 15 is 0 Å². The SMILES string of the molecule is C=CCOC12Oc3ccc(OCc4ccccc4F)cc3C3C(CCCCO)C(CCCCO)C=C(C(=NOC(C)(C)C)CC1N(CCOCCO)C(=O)C1CC1)C32. The summed E-state index contributed by atoms with van der Waals surface area (Å²) < 4.78 is 41.1. The molecule has 3 N–H and O–H groups in total. The zero-order chi connectivity index (χ0) is 41.3. The second-order valence-electron chi connectivity index (χ2n) is 17.0. The first-order chi connectivity index (χ1) is 28.0. The van der Waals surface area contributed by atoms with E-state index in [0.717, 1.165) is 55.4 Å². The summed E-state index contributed by atoms with van der Waals surface area (Å²) in [6, 6.07) is 11.6. The van der Waals surface area contributed by atoms with Crippen molar-refractivity contribution in [3.8, 4) is 11.5 Å². The van der Waals surface area contributed by atoms with Crippen molar-refractivity contribution in [2.24, 2.45) is 28.8 Å². The highest BCUT2D eigenvalue weighted by atomic mass is 19.1. The maximum atomic E-state index is 14.7. The second-order valence-corrected chi connectivity index (χ2v) is 17.0. The molecule has 6 rings (SSSR count). The molecule has 58 heavy (non-hydrogen) atoms. The van der Waals surface area contributed by atoms with Crippen LogP contribution in [-0.4, -0.2) is 95.5 Å². The number of amides is 1. The monoisotopic (exact) mass is 806 g/mol. The van der Waals surface area contributed by atoms with Crippen molar-refractivity contribution in [3.63, 3.8) is 0 Å². The summed E-state index contributed by atoms with van der Waals surface area (Å²) in [5.41, 5.74) is 2.43. The third kappa shape index (κ3) is 10.1. The minimum Gasteiger partial charge on any atom is -0.489 e. The van der Waals surface area contributed by atoms with Gasteiger partial charge in [0.15, 0.2) is 0 Å². The fourth-order valence-corrected chi connectivity index (χ4v) is 9.02. The number of allylic oxidation sites excluding steroid dienone is 1. The average molecular weight is 807 g/mol. The summed E-state index contributed by atoms with van der Waals surface area (Å²) in [7, 11) is 0. The predicted molar refractivity (Wildman–Crippen MR) is 219 cm³/mol. The summed E-state index contributed by atoms with van der Waals surface area (Å²) in [6.45, 7) is 10.7. The van der Waals surface area contributed by atoms with E-state index in [1.54, 1.807) is 24.3 Å². The normalized spacial score (nSPS) is 25.6. The topological polar surface area (TPSA) is 140 Å². The van der Waals surface area contributed by atoms with Crippen molar-refractivity contribution in [3.05, 3.63) is 83.7 Å². The summed E-state index contributed by atoms with van der Waals surface area (Å²) in [4.78, 5) is 22.6. The lowest BCUT2D eigenvalue weighted by molar-refractivity contribution is -0.258. The number of fused-ring (bicyclic) bond motifs is 2. The number of benzene rings is 2. The van der Waals surface area contributed by atoms with E-state index in [2.05, 4.69) is 12.7 Å². The number of aliphatic hydroxyl groups is 3. The lowest BCUT2D eigenvalue weighted by Gasteiger charge is -2.60. The van der Waals surface area contributed by atoms with Crippen LogP contribution in [0.5, 0.6) is 11.5 Å². The van der Waals surface area contributed by atoms with Crippen LogP contribution in [0, 0.1) is 29.5 Å². The van der Waals surface area contributed by atoms with Crippen LogP contribution in [0.1, 0.15) is 95.6 Å². The van der Waals surface area contributed by atoms with Crippen LogP contribution in [0.4, 0.5) is 4.39 Å². The standard InChI is InChI=1S/C46H63FN2O9/c1-5-24-56-46-41(49(20-25-54-26-23-52)44(53)31-16-17-31)29-39(48-58-45(2,3)4)36-27-32(12-8-10-21-50)35(14-9-11-22-51)42(43(36)46)37-28-34(18-19-40(37)57-46)55-30-33-13-6-7-15-38(33)47/h5-7,13,15,18-19,27-28,31-32,35,41-43,50-52H,1,8-12,14,16-17,20-26,29-30H2,2-4H3. The second kappa shape index (κ2) is 20.0. The first-order valence-electron chi connectivity index (χ1n) is 21.2. The van der Waals surface area contributed by atoms with Crippen LogP contribution < -0.4 is 9.47 Å². The number of carbonyl (C=O) groups excluding carboxylic acids is 1. The average Bonchev–Trinajstić information content (AvgIpc) is 4.06. The van der Waals surface area contributed by atoms with Crippen molar-refractivity contribution >= 4 is 11.6 Å². The van der Waals surface area contributed by atoms with E-state index in [-0.39, 0.29) is 88.2 Å². The molecule has 0 aromatic heterocycles. The van der Waals surface area contributed by atoms with E-state index in [4.69, 9.17) is 28.9 Å². The molecule has 318 valence electrons. The minimum atomic E-state index is -1.39. The zero-order valence-corrected chi connectivity index (χ0v) is 34.5. The van der Waals surface area contributed by atoms with Gasteiger partial charge in [-0.15, -0.1) is 6.58 Å². The van der Waals surface area contributed by atoms with Crippen LogP contribution in [0.15, 0.2) is 71.9 Å². The maximum Gasteiger partial charge on any atom is 0.239 e. The molecule has 1 aliphatic heterocycles. The molecule has 0 bridgehead atoms. The molecule has 12 heteroatoms. The fraction of sp³-hybridized carbons (Fsp3) is 0.609. The molecule has 2 aromatic rings. The van der Waals surface area contributed by atoms with E-state index in [9.17, 15) is 24.5 Å². The summed E-state index contributed by atoms with van der Waals surface area (Å²) in [5, 5.41) is 34.2. The molecule has 4 aliphatic rings. The Morgan fingerprint density at radius 3 is 2.48 bits per heavy atom. The van der Waals surface area contributed by atoms with E-state index in [0.29, 0.717) is 36.3 Å². The number of unbranched alkanes of at least 4 members (excludes halogenated alkanes) is 2. The molecule has 3 aliphatic carbocycles. The van der Waals surface area contributed by atoms with Gasteiger partial charge < -0.3 is 44.0 Å². The zero-order valence-electron chi connectivity index (χ0n) is 34.5. The van der Waals surface area contributed by atoms with Crippen LogP contribution in [0.3, 0.4) is 0 Å². The van der Waals surface area contributed by atoms with E-state index in [1.165, 1.54) is 6.07 Å². The van der Waals surface area contributed by atoms with Gasteiger partial charge in [0.2, 0.25) is 11.7 Å². The molecule has 2 aromatic carbocycles. The Bertz CT molecular complexity index is 1760. The van der Waals surface area contributed by atoms with Crippen LogP contribution in [-0.2, 0) is 25.7 Å². The first-order valence-corrected chi connectivity index (χ1v) is 21.2. The Morgan fingerprint density at radius 2 is 1.79 bits per heavy atom. The first kappa shape index (κ1) is 43.8. The Balaban J connectivity index is 1.56. The largest absolute Gasteiger partial charge is 0.489 e. The van der Waals surface area contributed by atoms with Crippen molar-refractivity contribution < 1.29 is 48.3 Å². The quantitative estimate of drug-likeness (QED) is 0.0647. The van der Waals surface area contributed by atoms with Gasteiger partial charge in [-0.25, -0.2) is 4.39 Å². The Hall–Kier alpha value is -3.81. The highest BCUT2D eigenvalue weighted by molar-refractivity contribution is 6.03. The summed E-state index contributed by atoms with van der Waals surface area (Å²) in [6.07, 6.45) is 10.4. The number of oxime groups is 1. The van der Waals surface area contributed by atoms with Gasteiger partial charge in [0.1, 0.15) is 35.6 Å². The number of nitrogens with zero attached hydrogens (tertiary/aromatic N) is 2. The van der Waals surface area contributed by atoms with Gasteiger partial charge in [-0.3, -0.25) is 4.79 Å². The van der Waals surface area contributed by atoms with Crippen LogP contribution in [0.2, 0.25) is 0 Å². The van der Waals surface area contributed by atoms with Crippen molar-refractivity contribution in [1.82, 2.24) is 4.90 Å². The van der Waals surface area contributed by atoms with Gasteiger partial charge in [0.05, 0.1) is 38.1 Å². The van der Waals surface area contributed by atoms with E-state index in [1.807, 2.05) is 43.9 Å². The number of ether oxygens (including phenoxy) is 4. The molecule has 2 fully saturated rings. The van der Waals surface area contributed by atoms with Gasteiger partial charge in [0, 0.05) is 49.1 Å². The van der Waals surface area contributed by atoms with Crippen LogP contribution in [0.25, 0.3) is 0 Å². The van der Waals surface area contributed by atoms with Gasteiger partial charge in [0.25, 0.3) is 0 Å². The predicted octanol–water partition coefficient (Wildman–Crippen LogP) is 7.08. The number of carbonyl (C=O) groups is 1. The molecular formula is C46H63FN2O9. The van der Waals surface area contributed by atoms with Gasteiger partial charge >= 0.3 is 0 Å². The molecule has 1 heterocycles. The Labute approximate surface area is 342 Å². The number of rotatable bonds is 22. The molecule has 2 saturated carbocycles. The van der Waals surface area contributed by atoms with E-state index < -0.39 is 23.3 Å². The summed E-state index contributed by atoms with van der Waals surface area (Å²) >= 11 is 0. The van der Waals surface area contributed by atoms with Crippen molar-refractivity contribution in [2.45, 2.75) is 109 Å². The lowest BCUT2D eigenvalue weighted by atomic mass is 9.55. The molecule has 0 saturated heterocycles. The number of aliphatic hydroxyl groups excluding tert-OH is 3. The smallest absolute Gasteiger partial charge is 0.239 e. The van der Waals surface area contributed by atoms with Crippen LogP contribution >= 0.6 is 0 Å². The molecule has 1 amide bonds. The molecule has 0 spiro atoms. The third-order valence-corrected chi connectivity index (χ3v) is 11.7. The lowest BCUT2D eigenvalue weighted by Crippen LogP contribution is -2.70. The Morgan fingerprint density at radius 1 is 1.03 bits per heavy atom. The number of halogens is 1. The Kier molecular flexibility index (Phi) is 15.1. The third-order valence-electron chi connectivity index (χ3n) is 11.7. The van der Waals surface area contributed by atoms with Gasteiger partial charge in [-0.05, 0) is 101 Å². The highest BCUT2D eigenvalue weighted by Gasteiger charge is 2.66. The number of hydrogen-bond donors (Lipinski definition) is 3. The molecule has 11 nitrogen and oxygen atoms in total.